The zero-order chi connectivity index (χ0) is 80.2. The Morgan fingerprint density at radius 1 is 0.125 bits per heavy atom. The van der Waals surface area contributed by atoms with Crippen LogP contribution in [0.1, 0.15) is 0 Å². The standard InChI is InChI=1S/2C36H24N4.C35H23N5/c1-3-12-26(13-4-1)34-38-35(27-14-5-2-6-15-27)40-36(39-34)32-23-30(22-31(24-32)33-17-9-10-20-37-33)29-19-18-25-11-7-8-16-28(25)21-29;1-3-11-26(12-4-1)34-38-35(27-13-5-2-6-14-27)40-36(39-34)33-22-31(21-32(23-33)30-16-9-19-37-24-30)29-18-17-25-10-7-8-15-28(25)20-29;1-3-11-25(12-4-1)33-38-34(26-13-5-2-6-14-26)40-35(39-33)31-22-29(21-30(23-31)32-36-18-9-19-37-32)28-17-16-24-10-7-8-15-27(24)20-28/h2*1-24H;1-23H. The summed E-state index contributed by atoms with van der Waals surface area (Å²) < 4.78 is 0. The highest BCUT2D eigenvalue weighted by Crippen LogP contribution is 2.39. The van der Waals surface area contributed by atoms with E-state index in [9.17, 15) is 0 Å². The molecular weight excluding hydrogens is 1470 g/mol. The van der Waals surface area contributed by atoms with Gasteiger partial charge in [0.25, 0.3) is 0 Å². The molecule has 6 heterocycles. The van der Waals surface area contributed by atoms with E-state index in [1.54, 1.807) is 18.6 Å². The van der Waals surface area contributed by atoms with Gasteiger partial charge in [0.2, 0.25) is 0 Å². The SMILES string of the molecule is c1ccc(-c2nc(-c3ccccc3)nc(-c3cc(-c4ccc5ccccc5c4)cc(-c4ccccn4)c3)n2)cc1.c1ccc(-c2nc(-c3ccccc3)nc(-c3cc(-c4ccc5ccccc5c4)cc(-c4ncccn4)c3)n2)cc1.c1ccc(-c2nc(-c3ccccc3)nc(-c3cc(-c4cccnc4)cc(-c4ccc5ccccc5c4)c3)n2)cc1. The number of hydrogen-bond donors (Lipinski definition) is 0. The normalized spacial score (nSPS) is 11.0. The van der Waals surface area contributed by atoms with Gasteiger partial charge in [0.05, 0.1) is 5.69 Å². The Balaban J connectivity index is 0.000000119. The first-order valence-electron chi connectivity index (χ1n) is 39.5. The molecule has 564 valence electrons. The van der Waals surface area contributed by atoms with Gasteiger partial charge in [-0.05, 0) is 168 Å². The van der Waals surface area contributed by atoms with Crippen LogP contribution in [-0.2, 0) is 0 Å². The molecule has 0 aliphatic heterocycles. The number of pyridine rings is 2. The van der Waals surface area contributed by atoms with Gasteiger partial charge in [0, 0.05) is 97.7 Å². The molecule has 21 rings (SSSR count). The Morgan fingerprint density at radius 3 is 0.692 bits per heavy atom. The second-order valence-electron chi connectivity index (χ2n) is 28.7. The number of benzene rings is 15. The maximum absolute atomic E-state index is 4.98. The molecule has 120 heavy (non-hydrogen) atoms. The fourth-order valence-electron chi connectivity index (χ4n) is 14.6. The summed E-state index contributed by atoms with van der Waals surface area (Å²) in [5.74, 6) is 6.29. The van der Waals surface area contributed by atoms with Gasteiger partial charge in [-0.3, -0.25) is 9.97 Å². The van der Waals surface area contributed by atoms with Crippen molar-refractivity contribution in [2.45, 2.75) is 0 Å². The molecule has 0 spiro atoms. The van der Waals surface area contributed by atoms with Crippen LogP contribution in [0.25, 0.3) is 202 Å². The lowest BCUT2D eigenvalue weighted by Gasteiger charge is -2.13. The summed E-state index contributed by atoms with van der Waals surface area (Å²) in [5, 5.41) is 7.21. The van der Waals surface area contributed by atoms with Crippen LogP contribution in [0.15, 0.2) is 431 Å². The number of nitrogens with zero attached hydrogens (tertiary/aromatic N) is 13. The van der Waals surface area contributed by atoms with Crippen LogP contribution < -0.4 is 0 Å². The third-order valence-electron chi connectivity index (χ3n) is 20.7. The van der Waals surface area contributed by atoms with Crippen LogP contribution in [0, 0.1) is 0 Å². The summed E-state index contributed by atoms with van der Waals surface area (Å²) in [4.78, 5) is 62.5. The maximum Gasteiger partial charge on any atom is 0.164 e. The number of rotatable bonds is 15. The largest absolute Gasteiger partial charge is 0.264 e. The lowest BCUT2D eigenvalue weighted by Crippen LogP contribution is -2.00. The molecule has 13 heteroatoms. The molecule has 0 bridgehead atoms. The van der Waals surface area contributed by atoms with Crippen molar-refractivity contribution in [3.8, 4) is 170 Å². The highest BCUT2D eigenvalue weighted by atomic mass is 15.1. The van der Waals surface area contributed by atoms with Crippen molar-refractivity contribution in [1.82, 2.24) is 64.8 Å². The van der Waals surface area contributed by atoms with Gasteiger partial charge in [-0.1, -0.05) is 303 Å². The van der Waals surface area contributed by atoms with E-state index in [1.165, 1.54) is 32.3 Å². The molecule has 15 aromatic carbocycles. The van der Waals surface area contributed by atoms with E-state index in [4.69, 9.17) is 44.9 Å². The minimum Gasteiger partial charge on any atom is -0.264 e. The third kappa shape index (κ3) is 16.7. The van der Waals surface area contributed by atoms with E-state index >= 15 is 0 Å². The van der Waals surface area contributed by atoms with Gasteiger partial charge in [0.15, 0.2) is 58.2 Å². The Bertz CT molecular complexity index is 6320. The van der Waals surface area contributed by atoms with Crippen LogP contribution in [0.2, 0.25) is 0 Å². The monoisotopic (exact) mass is 1540 g/mol. The smallest absolute Gasteiger partial charge is 0.164 e. The highest BCUT2D eigenvalue weighted by Gasteiger charge is 2.21. The minimum absolute atomic E-state index is 0.590. The van der Waals surface area contributed by atoms with E-state index in [0.717, 1.165) is 111 Å². The first-order valence-corrected chi connectivity index (χ1v) is 39.5. The summed E-state index contributed by atoms with van der Waals surface area (Å²) in [7, 11) is 0. The molecule has 13 nitrogen and oxygen atoms in total. The van der Waals surface area contributed by atoms with Crippen LogP contribution in [0.3, 0.4) is 0 Å². The van der Waals surface area contributed by atoms with E-state index < -0.39 is 0 Å². The number of aromatic nitrogens is 13. The molecule has 0 aliphatic carbocycles. The van der Waals surface area contributed by atoms with Gasteiger partial charge in [0.1, 0.15) is 0 Å². The van der Waals surface area contributed by atoms with Crippen molar-refractivity contribution >= 4 is 32.3 Å². The Labute approximate surface area is 693 Å². The van der Waals surface area contributed by atoms with E-state index in [1.807, 2.05) is 225 Å². The second kappa shape index (κ2) is 34.3. The topological polar surface area (TPSA) is 168 Å². The molecular formula is C107H71N13. The Morgan fingerprint density at radius 2 is 0.375 bits per heavy atom. The molecule has 21 aromatic rings. The molecule has 0 radical (unpaired) electrons. The highest BCUT2D eigenvalue weighted by molar-refractivity contribution is 5.93. The third-order valence-corrected chi connectivity index (χ3v) is 20.7. The summed E-state index contributed by atoms with van der Waals surface area (Å²) >= 11 is 0. The van der Waals surface area contributed by atoms with Crippen LogP contribution in [-0.4, -0.2) is 64.8 Å². The van der Waals surface area contributed by atoms with Gasteiger partial charge >= 0.3 is 0 Å². The van der Waals surface area contributed by atoms with Gasteiger partial charge in [-0.15, -0.1) is 0 Å². The first kappa shape index (κ1) is 73.7. The molecule has 0 N–H and O–H groups in total. The average Bonchev–Trinajstić information content (AvgIpc) is 0.788. The molecule has 0 atom stereocenters. The van der Waals surface area contributed by atoms with Gasteiger partial charge in [-0.2, -0.15) is 0 Å². The molecule has 0 saturated heterocycles. The number of fused-ring (bicyclic) bond motifs is 3. The van der Waals surface area contributed by atoms with E-state index in [0.29, 0.717) is 58.2 Å². The van der Waals surface area contributed by atoms with Crippen LogP contribution in [0.4, 0.5) is 0 Å². The number of hydrogen-bond acceptors (Lipinski definition) is 13. The molecule has 0 saturated carbocycles. The van der Waals surface area contributed by atoms with E-state index in [2.05, 4.69) is 208 Å². The minimum atomic E-state index is 0.590. The van der Waals surface area contributed by atoms with Crippen LogP contribution >= 0.6 is 0 Å². The summed E-state index contributed by atoms with van der Waals surface area (Å²) in [6.45, 7) is 0. The Hall–Kier alpha value is -16.5. The molecule has 0 fully saturated rings. The van der Waals surface area contributed by atoms with Crippen molar-refractivity contribution < 1.29 is 0 Å². The summed E-state index contributed by atoms with van der Waals surface area (Å²) in [6, 6.07) is 136. The summed E-state index contributed by atoms with van der Waals surface area (Å²) in [5.41, 5.74) is 19.8. The predicted molar refractivity (Wildman–Crippen MR) is 485 cm³/mol. The fraction of sp³-hybridized carbons (Fsp3) is 0. The molecule has 0 unspecified atom stereocenters. The van der Waals surface area contributed by atoms with Gasteiger partial charge < -0.3 is 0 Å². The predicted octanol–water partition coefficient (Wildman–Crippen LogP) is 25.7. The zero-order valence-electron chi connectivity index (χ0n) is 64.8. The molecule has 0 aliphatic rings. The molecule has 6 aromatic heterocycles. The lowest BCUT2D eigenvalue weighted by molar-refractivity contribution is 1.07. The second-order valence-corrected chi connectivity index (χ2v) is 28.7. The average molecular weight is 1540 g/mol. The molecule has 0 amide bonds. The van der Waals surface area contributed by atoms with E-state index in [-0.39, 0.29) is 0 Å². The zero-order valence-corrected chi connectivity index (χ0v) is 64.8. The fourth-order valence-corrected chi connectivity index (χ4v) is 14.6. The van der Waals surface area contributed by atoms with Crippen LogP contribution in [0.5, 0.6) is 0 Å². The van der Waals surface area contributed by atoms with Crippen molar-refractivity contribution in [2.24, 2.45) is 0 Å². The van der Waals surface area contributed by atoms with Crippen molar-refractivity contribution in [3.05, 3.63) is 431 Å². The Kier molecular flexibility index (Phi) is 21.0. The lowest BCUT2D eigenvalue weighted by atomic mass is 9.95. The van der Waals surface area contributed by atoms with Crippen molar-refractivity contribution in [2.75, 3.05) is 0 Å². The van der Waals surface area contributed by atoms with Gasteiger partial charge in [-0.25, -0.2) is 54.8 Å². The first-order chi connectivity index (χ1) is 59.4. The maximum atomic E-state index is 4.98. The van der Waals surface area contributed by atoms with Crippen molar-refractivity contribution in [3.63, 3.8) is 0 Å². The van der Waals surface area contributed by atoms with Crippen molar-refractivity contribution in [1.29, 1.82) is 0 Å². The summed E-state index contributed by atoms with van der Waals surface area (Å²) in [6.07, 6.45) is 9.02. The quantitative estimate of drug-likeness (QED) is 0.0952.